The Balaban J connectivity index is 1.59. The van der Waals surface area contributed by atoms with E-state index in [0.29, 0.717) is 19.6 Å². The molecule has 114 valence electrons. The van der Waals surface area contributed by atoms with Gasteiger partial charge in [0, 0.05) is 5.56 Å². The number of amides is 1. The van der Waals surface area contributed by atoms with Gasteiger partial charge >= 0.3 is 0 Å². The summed E-state index contributed by atoms with van der Waals surface area (Å²) < 4.78 is 11.0. The van der Waals surface area contributed by atoms with Crippen molar-refractivity contribution in [3.63, 3.8) is 0 Å². The zero-order valence-corrected chi connectivity index (χ0v) is 12.5. The molecule has 3 rings (SSSR count). The fourth-order valence-electron chi connectivity index (χ4n) is 2.58. The average Bonchev–Trinajstić information content (AvgIpc) is 2.93. The summed E-state index contributed by atoms with van der Waals surface area (Å²) in [7, 11) is 0. The predicted molar refractivity (Wildman–Crippen MR) is 84.1 cm³/mol. The zero-order valence-electron chi connectivity index (χ0n) is 12.5. The molecule has 0 fully saturated rings. The first kappa shape index (κ1) is 14.4. The Morgan fingerprint density at radius 3 is 2.77 bits per heavy atom. The number of fused-ring (bicyclic) bond motifs is 1. The van der Waals surface area contributed by atoms with E-state index in [2.05, 4.69) is 5.32 Å². The lowest BCUT2D eigenvalue weighted by molar-refractivity contribution is -0.121. The minimum Gasteiger partial charge on any atom is -0.494 e. The summed E-state index contributed by atoms with van der Waals surface area (Å²) in [6.45, 7) is 3.08. The Labute approximate surface area is 130 Å². The van der Waals surface area contributed by atoms with Crippen molar-refractivity contribution in [2.24, 2.45) is 0 Å². The number of benzene rings is 2. The van der Waals surface area contributed by atoms with E-state index < -0.39 is 0 Å². The number of para-hydroxylation sites is 1. The molecule has 0 spiro atoms. The second kappa shape index (κ2) is 6.52. The van der Waals surface area contributed by atoms with Crippen molar-refractivity contribution in [1.29, 1.82) is 0 Å². The van der Waals surface area contributed by atoms with Gasteiger partial charge in [0.2, 0.25) is 5.91 Å². The van der Waals surface area contributed by atoms with Crippen molar-refractivity contribution in [1.82, 2.24) is 5.32 Å². The highest BCUT2D eigenvalue weighted by Crippen LogP contribution is 2.31. The van der Waals surface area contributed by atoms with Crippen molar-refractivity contribution < 1.29 is 14.3 Å². The van der Waals surface area contributed by atoms with E-state index in [1.807, 2.05) is 55.5 Å². The monoisotopic (exact) mass is 297 g/mol. The van der Waals surface area contributed by atoms with Crippen LogP contribution in [0.1, 0.15) is 24.1 Å². The Hall–Kier alpha value is -2.49. The van der Waals surface area contributed by atoms with Crippen LogP contribution in [-0.2, 0) is 11.2 Å². The molecule has 1 atom stereocenters. The SMILES string of the molecule is CCOc1ccc(CC(=O)NC2COc3ccccc32)cc1. The van der Waals surface area contributed by atoms with Crippen molar-refractivity contribution in [3.8, 4) is 11.5 Å². The molecule has 22 heavy (non-hydrogen) atoms. The van der Waals surface area contributed by atoms with Gasteiger partial charge in [-0.05, 0) is 30.7 Å². The predicted octanol–water partition coefficient (Wildman–Crippen LogP) is 2.88. The molecule has 2 aromatic carbocycles. The molecule has 1 aliphatic heterocycles. The quantitative estimate of drug-likeness (QED) is 0.923. The maximum Gasteiger partial charge on any atom is 0.225 e. The third-order valence-corrected chi connectivity index (χ3v) is 3.63. The van der Waals surface area contributed by atoms with E-state index in [1.54, 1.807) is 0 Å². The van der Waals surface area contributed by atoms with Gasteiger partial charge in [-0.15, -0.1) is 0 Å². The maximum absolute atomic E-state index is 12.2. The van der Waals surface area contributed by atoms with Crippen LogP contribution in [0.5, 0.6) is 11.5 Å². The molecule has 0 radical (unpaired) electrons. The van der Waals surface area contributed by atoms with Crippen molar-refractivity contribution in [2.45, 2.75) is 19.4 Å². The molecule has 0 aromatic heterocycles. The highest BCUT2D eigenvalue weighted by atomic mass is 16.5. The van der Waals surface area contributed by atoms with Crippen LogP contribution in [0.3, 0.4) is 0 Å². The molecule has 0 saturated carbocycles. The van der Waals surface area contributed by atoms with Crippen LogP contribution in [0.15, 0.2) is 48.5 Å². The molecule has 1 amide bonds. The second-order valence-electron chi connectivity index (χ2n) is 5.22. The van der Waals surface area contributed by atoms with Crippen LogP contribution in [0.2, 0.25) is 0 Å². The molecular weight excluding hydrogens is 278 g/mol. The summed E-state index contributed by atoms with van der Waals surface area (Å²) >= 11 is 0. The first-order chi connectivity index (χ1) is 10.8. The summed E-state index contributed by atoms with van der Waals surface area (Å²) in [5, 5.41) is 3.03. The fraction of sp³-hybridized carbons (Fsp3) is 0.278. The number of nitrogens with one attached hydrogen (secondary N) is 1. The Morgan fingerprint density at radius 1 is 1.23 bits per heavy atom. The van der Waals surface area contributed by atoms with Gasteiger partial charge in [-0.1, -0.05) is 30.3 Å². The van der Waals surface area contributed by atoms with Gasteiger partial charge in [0.15, 0.2) is 0 Å². The van der Waals surface area contributed by atoms with E-state index in [1.165, 1.54) is 0 Å². The third kappa shape index (κ3) is 3.22. The second-order valence-corrected chi connectivity index (χ2v) is 5.22. The highest BCUT2D eigenvalue weighted by molar-refractivity contribution is 5.79. The van der Waals surface area contributed by atoms with Crippen LogP contribution in [-0.4, -0.2) is 19.1 Å². The third-order valence-electron chi connectivity index (χ3n) is 3.63. The minimum atomic E-state index is -0.0635. The number of carbonyl (C=O) groups is 1. The number of carbonyl (C=O) groups excluding carboxylic acids is 1. The van der Waals surface area contributed by atoms with Crippen LogP contribution in [0.4, 0.5) is 0 Å². The van der Waals surface area contributed by atoms with Gasteiger partial charge in [0.05, 0.1) is 19.1 Å². The summed E-state index contributed by atoms with van der Waals surface area (Å²) in [4.78, 5) is 12.2. The normalized spacial score (nSPS) is 15.8. The van der Waals surface area contributed by atoms with Gasteiger partial charge in [0.25, 0.3) is 0 Å². The lowest BCUT2D eigenvalue weighted by atomic mass is 10.1. The van der Waals surface area contributed by atoms with Crippen molar-refractivity contribution in [2.75, 3.05) is 13.2 Å². The van der Waals surface area contributed by atoms with E-state index in [4.69, 9.17) is 9.47 Å². The summed E-state index contributed by atoms with van der Waals surface area (Å²) in [5.41, 5.74) is 2.01. The molecule has 1 unspecified atom stereocenters. The average molecular weight is 297 g/mol. The molecule has 0 aliphatic carbocycles. The highest BCUT2D eigenvalue weighted by Gasteiger charge is 2.24. The molecule has 4 nitrogen and oxygen atoms in total. The van der Waals surface area contributed by atoms with Gasteiger partial charge in [0.1, 0.15) is 18.1 Å². The minimum absolute atomic E-state index is 0.00513. The lowest BCUT2D eigenvalue weighted by Crippen LogP contribution is -2.30. The number of ether oxygens (including phenoxy) is 2. The van der Waals surface area contributed by atoms with E-state index >= 15 is 0 Å². The van der Waals surface area contributed by atoms with E-state index in [-0.39, 0.29) is 11.9 Å². The first-order valence-electron chi connectivity index (χ1n) is 7.49. The maximum atomic E-state index is 12.2. The van der Waals surface area contributed by atoms with Crippen molar-refractivity contribution >= 4 is 5.91 Å². The van der Waals surface area contributed by atoms with Crippen LogP contribution < -0.4 is 14.8 Å². The van der Waals surface area contributed by atoms with Crippen LogP contribution in [0.25, 0.3) is 0 Å². The van der Waals surface area contributed by atoms with Crippen LogP contribution in [0, 0.1) is 0 Å². The van der Waals surface area contributed by atoms with Crippen molar-refractivity contribution in [3.05, 3.63) is 59.7 Å². The molecule has 0 bridgehead atoms. The van der Waals surface area contributed by atoms with Gasteiger partial charge in [-0.3, -0.25) is 4.79 Å². The largest absolute Gasteiger partial charge is 0.494 e. The molecule has 1 N–H and O–H groups in total. The topological polar surface area (TPSA) is 47.6 Å². The Bertz CT molecular complexity index is 652. The van der Waals surface area contributed by atoms with E-state index in [9.17, 15) is 4.79 Å². The zero-order chi connectivity index (χ0) is 15.4. The fourth-order valence-corrected chi connectivity index (χ4v) is 2.58. The number of hydrogen-bond acceptors (Lipinski definition) is 3. The lowest BCUT2D eigenvalue weighted by Gasteiger charge is -2.12. The smallest absolute Gasteiger partial charge is 0.225 e. The summed E-state index contributed by atoms with van der Waals surface area (Å²) in [5.74, 6) is 1.67. The molecule has 1 heterocycles. The Morgan fingerprint density at radius 2 is 2.00 bits per heavy atom. The standard InChI is InChI=1S/C18H19NO3/c1-2-21-14-9-7-13(8-10-14)11-18(20)19-16-12-22-17-6-4-3-5-15(16)17/h3-10,16H,2,11-12H2,1H3,(H,19,20). The van der Waals surface area contributed by atoms with Crippen LogP contribution >= 0.6 is 0 Å². The summed E-state index contributed by atoms with van der Waals surface area (Å²) in [6, 6.07) is 15.4. The Kier molecular flexibility index (Phi) is 4.28. The molecule has 4 heteroatoms. The molecular formula is C18H19NO3. The molecule has 0 saturated heterocycles. The molecule has 1 aliphatic rings. The first-order valence-corrected chi connectivity index (χ1v) is 7.49. The molecule has 2 aromatic rings. The van der Waals surface area contributed by atoms with Gasteiger partial charge in [-0.25, -0.2) is 0 Å². The van der Waals surface area contributed by atoms with Gasteiger partial charge in [-0.2, -0.15) is 0 Å². The van der Waals surface area contributed by atoms with Gasteiger partial charge < -0.3 is 14.8 Å². The summed E-state index contributed by atoms with van der Waals surface area (Å²) in [6.07, 6.45) is 0.352. The van der Waals surface area contributed by atoms with E-state index in [0.717, 1.165) is 22.6 Å². The number of rotatable bonds is 5. The number of hydrogen-bond donors (Lipinski definition) is 1.